The maximum Gasteiger partial charge on any atom is 0.222 e. The Balaban J connectivity index is 1.37. The van der Waals surface area contributed by atoms with Crippen LogP contribution in [0.5, 0.6) is 0 Å². The molecule has 9 heteroatoms. The minimum absolute atomic E-state index is 0.199. The second-order valence-electron chi connectivity index (χ2n) is 11.0. The third-order valence-electron chi connectivity index (χ3n) is 8.50. The molecular formula is C34H34F2N4O2S. The highest BCUT2D eigenvalue weighted by molar-refractivity contribution is 7.15. The van der Waals surface area contributed by atoms with E-state index in [2.05, 4.69) is 12.3 Å². The molecule has 0 aliphatic carbocycles. The summed E-state index contributed by atoms with van der Waals surface area (Å²) in [5.74, 6) is -0.168. The van der Waals surface area contributed by atoms with Gasteiger partial charge in [0.1, 0.15) is 22.3 Å². The third-order valence-corrected chi connectivity index (χ3v) is 9.57. The average Bonchev–Trinajstić information content (AvgIpc) is 3.63. The predicted molar refractivity (Wildman–Crippen MR) is 166 cm³/mol. The summed E-state index contributed by atoms with van der Waals surface area (Å²) in [7, 11) is 0. The Labute approximate surface area is 253 Å². The van der Waals surface area contributed by atoms with Gasteiger partial charge in [-0.25, -0.2) is 18.7 Å². The lowest BCUT2D eigenvalue weighted by Gasteiger charge is -2.32. The van der Waals surface area contributed by atoms with E-state index in [0.717, 1.165) is 43.0 Å². The summed E-state index contributed by atoms with van der Waals surface area (Å²) in [5, 5.41) is 10.6. The molecule has 0 saturated carbocycles. The first-order valence-electron chi connectivity index (χ1n) is 14.8. The number of pyridine rings is 1. The van der Waals surface area contributed by atoms with Crippen molar-refractivity contribution in [3.63, 3.8) is 0 Å². The molecule has 1 N–H and O–H groups in total. The number of amides is 1. The number of likely N-dealkylation sites (tertiary alicyclic amines) is 1. The molecule has 5 aromatic rings. The van der Waals surface area contributed by atoms with Crippen LogP contribution < -0.4 is 0 Å². The minimum Gasteiger partial charge on any atom is -0.391 e. The third kappa shape index (κ3) is 5.36. The number of aliphatic hydroxyl groups is 1. The first-order chi connectivity index (χ1) is 20.8. The van der Waals surface area contributed by atoms with Gasteiger partial charge in [0, 0.05) is 42.4 Å². The highest BCUT2D eigenvalue weighted by atomic mass is 32.1. The Kier molecular flexibility index (Phi) is 8.11. The molecule has 6 rings (SSSR count). The van der Waals surface area contributed by atoms with Crippen molar-refractivity contribution in [1.82, 2.24) is 19.3 Å². The quantitative estimate of drug-likeness (QED) is 0.209. The van der Waals surface area contributed by atoms with Crippen molar-refractivity contribution in [2.75, 3.05) is 13.1 Å². The number of aromatic nitrogens is 3. The largest absolute Gasteiger partial charge is 0.391 e. The summed E-state index contributed by atoms with van der Waals surface area (Å²) in [6.45, 7) is 6.95. The summed E-state index contributed by atoms with van der Waals surface area (Å²) in [4.78, 5) is 24.3. The SMILES string of the molecule is CCC(=O)N1CCC(c2ccc3nc(CC)c(-c4ccc(-c5nc(-c6ccc(F)cc6)c(CO)s5)c(C)c4F)n3c2)CC1. The predicted octanol–water partition coefficient (Wildman–Crippen LogP) is 7.55. The molecule has 1 aliphatic rings. The molecule has 43 heavy (non-hydrogen) atoms. The Morgan fingerprint density at radius 2 is 1.72 bits per heavy atom. The van der Waals surface area contributed by atoms with Gasteiger partial charge in [0.25, 0.3) is 0 Å². The van der Waals surface area contributed by atoms with Crippen LogP contribution in [0, 0.1) is 18.6 Å². The van der Waals surface area contributed by atoms with Gasteiger partial charge in [-0.2, -0.15) is 0 Å². The molecule has 0 bridgehead atoms. The zero-order chi connectivity index (χ0) is 30.2. The van der Waals surface area contributed by atoms with Crippen LogP contribution >= 0.6 is 11.3 Å². The van der Waals surface area contributed by atoms with Crippen molar-refractivity contribution in [1.29, 1.82) is 0 Å². The van der Waals surface area contributed by atoms with Gasteiger partial charge in [-0.1, -0.05) is 26.0 Å². The molecule has 6 nitrogen and oxygen atoms in total. The van der Waals surface area contributed by atoms with E-state index in [0.29, 0.717) is 56.6 Å². The number of rotatable bonds is 7. The highest BCUT2D eigenvalue weighted by Gasteiger charge is 2.25. The number of benzene rings is 2. The van der Waals surface area contributed by atoms with E-state index in [4.69, 9.17) is 9.97 Å². The Morgan fingerprint density at radius 1 is 1.00 bits per heavy atom. The molecule has 0 spiro atoms. The summed E-state index contributed by atoms with van der Waals surface area (Å²) in [5.41, 5.74) is 6.35. The Morgan fingerprint density at radius 3 is 2.40 bits per heavy atom. The number of hydrogen-bond donors (Lipinski definition) is 1. The lowest BCUT2D eigenvalue weighted by molar-refractivity contribution is -0.131. The first kappa shape index (κ1) is 29.1. The van der Waals surface area contributed by atoms with Crippen molar-refractivity contribution in [2.24, 2.45) is 0 Å². The Bertz CT molecular complexity index is 1800. The van der Waals surface area contributed by atoms with Crippen molar-refractivity contribution in [2.45, 2.75) is 59.0 Å². The smallest absolute Gasteiger partial charge is 0.222 e. The molecule has 2 aromatic carbocycles. The van der Waals surface area contributed by atoms with Gasteiger partial charge in [0.05, 0.1) is 28.6 Å². The number of aliphatic hydroxyl groups excluding tert-OH is 1. The molecular weight excluding hydrogens is 566 g/mol. The van der Waals surface area contributed by atoms with E-state index in [9.17, 15) is 14.3 Å². The van der Waals surface area contributed by atoms with Gasteiger partial charge < -0.3 is 10.0 Å². The first-order valence-corrected chi connectivity index (χ1v) is 15.6. The number of thiazole rings is 1. The average molecular weight is 601 g/mol. The van der Waals surface area contributed by atoms with Crippen LogP contribution in [-0.2, 0) is 17.8 Å². The molecule has 1 amide bonds. The molecule has 0 radical (unpaired) electrons. The van der Waals surface area contributed by atoms with Crippen LogP contribution in [-0.4, -0.2) is 43.4 Å². The van der Waals surface area contributed by atoms with Gasteiger partial charge in [0.15, 0.2) is 0 Å². The van der Waals surface area contributed by atoms with E-state index in [1.165, 1.54) is 29.0 Å². The van der Waals surface area contributed by atoms with Crippen molar-refractivity contribution >= 4 is 22.9 Å². The molecule has 222 valence electrons. The molecule has 4 heterocycles. The summed E-state index contributed by atoms with van der Waals surface area (Å²) in [6.07, 6.45) is 5.06. The molecule has 0 atom stereocenters. The maximum atomic E-state index is 16.3. The fraction of sp³-hybridized carbons (Fsp3) is 0.324. The summed E-state index contributed by atoms with van der Waals surface area (Å²) < 4.78 is 31.8. The highest BCUT2D eigenvalue weighted by Crippen LogP contribution is 2.39. The minimum atomic E-state index is -0.349. The number of aryl methyl sites for hydroxylation is 1. The number of piperidine rings is 1. The van der Waals surface area contributed by atoms with E-state index in [1.807, 2.05) is 35.3 Å². The van der Waals surface area contributed by atoms with Crippen LogP contribution in [0.15, 0.2) is 54.7 Å². The van der Waals surface area contributed by atoms with Crippen molar-refractivity contribution in [3.8, 4) is 33.1 Å². The van der Waals surface area contributed by atoms with Crippen LogP contribution in [0.4, 0.5) is 8.78 Å². The van der Waals surface area contributed by atoms with Gasteiger partial charge in [-0.05, 0) is 79.6 Å². The number of halogens is 2. The van der Waals surface area contributed by atoms with Crippen LogP contribution in [0.1, 0.15) is 60.7 Å². The van der Waals surface area contributed by atoms with E-state index >= 15 is 4.39 Å². The number of carbonyl (C=O) groups is 1. The molecule has 3 aromatic heterocycles. The maximum absolute atomic E-state index is 16.3. The fourth-order valence-corrected chi connectivity index (χ4v) is 7.10. The van der Waals surface area contributed by atoms with E-state index < -0.39 is 0 Å². The lowest BCUT2D eigenvalue weighted by Crippen LogP contribution is -2.37. The standard InChI is InChI=1S/C34H34F2N4O2S/c1-4-27-33(40-18-23(8-13-29(40)37-27)21-14-16-39(17-15-21)30(42)5-2)26-12-11-25(20(3)31(26)36)34-38-32(28(19-41)43-34)22-6-9-24(35)10-7-22/h6-13,18,21,41H,4-5,14-17,19H2,1-3H3. The van der Waals surface area contributed by atoms with Crippen molar-refractivity contribution in [3.05, 3.63) is 88.1 Å². The monoisotopic (exact) mass is 600 g/mol. The molecule has 1 saturated heterocycles. The molecule has 1 aliphatic heterocycles. The number of hydrogen-bond acceptors (Lipinski definition) is 5. The van der Waals surface area contributed by atoms with Gasteiger partial charge in [-0.3, -0.25) is 9.20 Å². The zero-order valence-electron chi connectivity index (χ0n) is 24.5. The van der Waals surface area contributed by atoms with Gasteiger partial charge in [0.2, 0.25) is 5.91 Å². The van der Waals surface area contributed by atoms with Crippen LogP contribution in [0.3, 0.4) is 0 Å². The summed E-state index contributed by atoms with van der Waals surface area (Å²) in [6, 6.07) is 13.8. The van der Waals surface area contributed by atoms with E-state index in [1.54, 1.807) is 25.1 Å². The van der Waals surface area contributed by atoms with Crippen LogP contribution in [0.2, 0.25) is 0 Å². The number of fused-ring (bicyclic) bond motifs is 1. The second-order valence-corrected chi connectivity index (χ2v) is 12.1. The lowest BCUT2D eigenvalue weighted by atomic mass is 9.90. The number of carbonyl (C=O) groups excluding carboxylic acids is 1. The van der Waals surface area contributed by atoms with E-state index in [-0.39, 0.29) is 24.1 Å². The normalized spacial score (nSPS) is 14.1. The number of imidazole rings is 1. The summed E-state index contributed by atoms with van der Waals surface area (Å²) >= 11 is 1.31. The molecule has 1 fully saturated rings. The topological polar surface area (TPSA) is 70.7 Å². The second kappa shape index (κ2) is 12.0. The van der Waals surface area contributed by atoms with Crippen LogP contribution in [0.25, 0.3) is 38.7 Å². The van der Waals surface area contributed by atoms with Gasteiger partial charge in [-0.15, -0.1) is 11.3 Å². The zero-order valence-corrected chi connectivity index (χ0v) is 25.3. The van der Waals surface area contributed by atoms with Crippen molar-refractivity contribution < 1.29 is 18.7 Å². The fourth-order valence-electron chi connectivity index (χ4n) is 6.08. The van der Waals surface area contributed by atoms with Gasteiger partial charge >= 0.3 is 0 Å². The number of nitrogens with zero attached hydrogens (tertiary/aromatic N) is 4. The molecule has 0 unspecified atom stereocenters. The Hall–Kier alpha value is -3.95.